The summed E-state index contributed by atoms with van der Waals surface area (Å²) in [5, 5.41) is 20.3. The molecule has 0 radical (unpaired) electrons. The molecule has 0 N–H and O–H groups in total. The van der Waals surface area contributed by atoms with Crippen molar-refractivity contribution in [3.8, 4) is 34.4 Å². The molecule has 0 bridgehead atoms. The molecule has 0 amide bonds. The predicted molar refractivity (Wildman–Crippen MR) is 218 cm³/mol. The van der Waals surface area contributed by atoms with Crippen molar-refractivity contribution in [3.05, 3.63) is 168 Å². The van der Waals surface area contributed by atoms with Gasteiger partial charge in [0.1, 0.15) is 0 Å². The zero-order chi connectivity index (χ0) is 36.1. The average molecular weight is 717 g/mol. The van der Waals surface area contributed by atoms with E-state index in [1.807, 2.05) is 36.4 Å². The fourth-order valence-corrected chi connectivity index (χ4v) is 9.74. The average Bonchev–Trinajstić information content (AvgIpc) is 3.21. The van der Waals surface area contributed by atoms with Crippen molar-refractivity contribution in [3.63, 3.8) is 0 Å². The lowest BCUT2D eigenvalue weighted by Gasteiger charge is -2.39. The number of fused-ring (bicyclic) bond motifs is 4. The van der Waals surface area contributed by atoms with Gasteiger partial charge in [0.15, 0.2) is 0 Å². The first-order valence-electron chi connectivity index (χ1n) is 17.6. The molecule has 7 aromatic carbocycles. The number of hydrogen-bond acceptors (Lipinski definition) is 6. The van der Waals surface area contributed by atoms with Gasteiger partial charge in [-0.25, -0.2) is 0 Å². The summed E-state index contributed by atoms with van der Waals surface area (Å²) in [6.07, 6.45) is 0. The van der Waals surface area contributed by atoms with E-state index >= 15 is 0 Å². The van der Waals surface area contributed by atoms with Gasteiger partial charge in [0.25, 0.3) is 0 Å². The van der Waals surface area contributed by atoms with Crippen molar-refractivity contribution in [2.24, 2.45) is 0 Å². The lowest BCUT2D eigenvalue weighted by molar-refractivity contribution is 0.870. The minimum Gasteiger partial charge on any atom is -0.308 e. The van der Waals surface area contributed by atoms with Crippen LogP contribution in [0.15, 0.2) is 171 Å². The monoisotopic (exact) mass is 716 g/mol. The molecule has 2 aliphatic rings. The lowest BCUT2D eigenvalue weighted by atomic mass is 9.82. The summed E-state index contributed by atoms with van der Waals surface area (Å²) >= 11 is 3.58. The number of anilines is 6. The molecule has 4 nitrogen and oxygen atoms in total. The minimum atomic E-state index is 0.0458. The second-order valence-electron chi connectivity index (χ2n) is 13.4. The number of rotatable bonds is 5. The number of hydrogen-bond donors (Lipinski definition) is 0. The Morgan fingerprint density at radius 3 is 1.13 bits per heavy atom. The van der Waals surface area contributed by atoms with Gasteiger partial charge < -0.3 is 9.80 Å². The number of nitrogens with zero attached hydrogens (tertiary/aromatic N) is 4. The summed E-state index contributed by atoms with van der Waals surface area (Å²) in [6.45, 7) is 4.50. The molecule has 2 aliphatic heterocycles. The summed E-state index contributed by atoms with van der Waals surface area (Å²) in [5.74, 6) is 0.0458. The Kier molecular flexibility index (Phi) is 8.28. The van der Waals surface area contributed by atoms with E-state index < -0.39 is 0 Å². The van der Waals surface area contributed by atoms with Crippen molar-refractivity contribution in [1.29, 1.82) is 10.5 Å². The maximum atomic E-state index is 10.2. The van der Waals surface area contributed by atoms with E-state index in [0.717, 1.165) is 61.9 Å². The van der Waals surface area contributed by atoms with E-state index in [2.05, 4.69) is 151 Å². The van der Waals surface area contributed by atoms with E-state index in [1.54, 1.807) is 23.5 Å². The molecule has 0 fully saturated rings. The zero-order valence-electron chi connectivity index (χ0n) is 29.1. The molecule has 0 unspecified atom stereocenters. The van der Waals surface area contributed by atoms with E-state index in [1.165, 1.54) is 19.6 Å². The third-order valence-electron chi connectivity index (χ3n) is 9.81. The Balaban J connectivity index is 1.49. The first kappa shape index (κ1) is 32.7. The molecule has 0 atom stereocenters. The third kappa shape index (κ3) is 5.56. The Bertz CT molecular complexity index is 2400. The Labute approximate surface area is 318 Å². The second kappa shape index (κ2) is 13.4. The molecule has 0 saturated heterocycles. The highest BCUT2D eigenvalue weighted by atomic mass is 32.2. The van der Waals surface area contributed by atoms with Gasteiger partial charge in [0.05, 0.1) is 57.4 Å². The van der Waals surface area contributed by atoms with Crippen molar-refractivity contribution in [2.75, 3.05) is 9.80 Å². The molecule has 0 spiro atoms. The summed E-state index contributed by atoms with van der Waals surface area (Å²) < 4.78 is 0. The maximum absolute atomic E-state index is 10.2. The second-order valence-corrected chi connectivity index (χ2v) is 15.5. The predicted octanol–water partition coefficient (Wildman–Crippen LogP) is 13.8. The smallest absolute Gasteiger partial charge is 0.0991 e. The van der Waals surface area contributed by atoms with Crippen LogP contribution in [0.1, 0.15) is 36.5 Å². The topological polar surface area (TPSA) is 54.1 Å². The van der Waals surface area contributed by atoms with Crippen LogP contribution in [0.25, 0.3) is 22.3 Å². The molecule has 252 valence electrons. The highest BCUT2D eigenvalue weighted by molar-refractivity contribution is 8.00. The third-order valence-corrected chi connectivity index (χ3v) is 12.1. The van der Waals surface area contributed by atoms with Crippen LogP contribution in [0.2, 0.25) is 0 Å². The van der Waals surface area contributed by atoms with Gasteiger partial charge >= 0.3 is 0 Å². The summed E-state index contributed by atoms with van der Waals surface area (Å²) in [7, 11) is 0. The SMILES string of the molecule is CC(C)c1c(-c2cccc(C#N)c2)c(N2c3ccccc3Sc3ccccc32)cc(N2c3ccccc3Sc3ccccc32)c1-c1cccc(C#N)c1. The van der Waals surface area contributed by atoms with Gasteiger partial charge in [-0.15, -0.1) is 0 Å². The van der Waals surface area contributed by atoms with Crippen LogP contribution in [0.4, 0.5) is 34.1 Å². The fraction of sp³-hybridized carbons (Fsp3) is 0.0638. The van der Waals surface area contributed by atoms with Crippen LogP contribution < -0.4 is 9.80 Å². The molecule has 9 rings (SSSR count). The fourth-order valence-electron chi connectivity index (χ4n) is 7.63. The van der Waals surface area contributed by atoms with E-state index in [4.69, 9.17) is 0 Å². The van der Waals surface area contributed by atoms with Gasteiger partial charge in [-0.05, 0) is 101 Å². The van der Waals surface area contributed by atoms with Gasteiger partial charge in [0, 0.05) is 30.7 Å². The van der Waals surface area contributed by atoms with Crippen molar-refractivity contribution in [1.82, 2.24) is 0 Å². The highest BCUT2D eigenvalue weighted by Crippen LogP contribution is 2.60. The Morgan fingerprint density at radius 2 is 0.792 bits per heavy atom. The van der Waals surface area contributed by atoms with Crippen LogP contribution in [0, 0.1) is 22.7 Å². The minimum absolute atomic E-state index is 0.0458. The first-order chi connectivity index (χ1) is 26.0. The first-order valence-corrected chi connectivity index (χ1v) is 19.2. The molecular weight excluding hydrogens is 685 g/mol. The van der Waals surface area contributed by atoms with Crippen LogP contribution in [0.5, 0.6) is 0 Å². The Morgan fingerprint density at radius 1 is 0.434 bits per heavy atom. The van der Waals surface area contributed by atoms with Gasteiger partial charge in [0.2, 0.25) is 0 Å². The van der Waals surface area contributed by atoms with Gasteiger partial charge in [-0.3, -0.25) is 0 Å². The Hall–Kier alpha value is -6.18. The van der Waals surface area contributed by atoms with Crippen molar-refractivity contribution < 1.29 is 0 Å². The summed E-state index contributed by atoms with van der Waals surface area (Å²) in [4.78, 5) is 9.52. The highest BCUT2D eigenvalue weighted by Gasteiger charge is 2.34. The molecular formula is C47H32N4S2. The molecule has 0 aliphatic carbocycles. The van der Waals surface area contributed by atoms with Crippen LogP contribution in [-0.2, 0) is 0 Å². The van der Waals surface area contributed by atoms with Crippen molar-refractivity contribution >= 4 is 57.6 Å². The number of benzene rings is 7. The quantitative estimate of drug-likeness (QED) is 0.177. The molecule has 6 heteroatoms. The molecule has 2 heterocycles. The number of para-hydroxylation sites is 4. The van der Waals surface area contributed by atoms with Crippen molar-refractivity contribution in [2.45, 2.75) is 39.3 Å². The van der Waals surface area contributed by atoms with Gasteiger partial charge in [-0.1, -0.05) is 110 Å². The molecule has 0 aromatic heterocycles. The van der Waals surface area contributed by atoms with E-state index in [-0.39, 0.29) is 5.92 Å². The van der Waals surface area contributed by atoms with Crippen LogP contribution >= 0.6 is 23.5 Å². The maximum Gasteiger partial charge on any atom is 0.0991 e. The summed E-state index contributed by atoms with van der Waals surface area (Å²) in [6, 6.07) is 57.5. The molecule has 0 saturated carbocycles. The van der Waals surface area contributed by atoms with Gasteiger partial charge in [-0.2, -0.15) is 10.5 Å². The number of nitriles is 2. The zero-order valence-corrected chi connectivity index (χ0v) is 30.7. The summed E-state index contributed by atoms with van der Waals surface area (Å²) in [5.41, 5.74) is 12.8. The van der Waals surface area contributed by atoms with E-state index in [9.17, 15) is 10.5 Å². The molecule has 53 heavy (non-hydrogen) atoms. The van der Waals surface area contributed by atoms with Crippen LogP contribution in [0.3, 0.4) is 0 Å². The van der Waals surface area contributed by atoms with E-state index in [0.29, 0.717) is 11.1 Å². The standard InChI is InChI=1S/C47H32N4S2/c1-30(2)45-46(33-15-11-13-31(25-33)28-48)39(50-35-17-3-7-21-41(35)52-42-22-8-4-18-36(42)50)27-40(47(45)34-16-12-14-32(26-34)29-49)51-37-19-5-9-23-43(37)53-44-24-10-6-20-38(44)51/h3-27,30H,1-2H3. The van der Waals surface area contributed by atoms with Crippen LogP contribution in [-0.4, -0.2) is 0 Å². The molecule has 7 aromatic rings. The lowest BCUT2D eigenvalue weighted by Crippen LogP contribution is -2.20. The normalized spacial score (nSPS) is 12.6. The largest absolute Gasteiger partial charge is 0.308 e.